The van der Waals surface area contributed by atoms with Crippen molar-refractivity contribution in [1.82, 2.24) is 19.9 Å². The van der Waals surface area contributed by atoms with Crippen LogP contribution in [0.5, 0.6) is 0 Å². The van der Waals surface area contributed by atoms with Gasteiger partial charge in [-0.3, -0.25) is 19.9 Å². The molecule has 0 saturated carbocycles. The zero-order chi connectivity index (χ0) is 33.2. The van der Waals surface area contributed by atoms with Crippen LogP contribution >= 0.6 is 0 Å². The largest absolute Gasteiger partial charge is 0.256 e. The third-order valence-electron chi connectivity index (χ3n) is 10.1. The molecule has 49 heavy (non-hydrogen) atoms. The maximum Gasteiger partial charge on any atom is 0.0796 e. The molecule has 0 bridgehead atoms. The highest BCUT2D eigenvalue weighted by Gasteiger charge is 2.46. The van der Waals surface area contributed by atoms with E-state index in [4.69, 9.17) is 19.9 Å². The Kier molecular flexibility index (Phi) is 6.57. The molecule has 0 N–H and O–H groups in total. The van der Waals surface area contributed by atoms with Gasteiger partial charge in [-0.25, -0.2) is 0 Å². The minimum Gasteiger partial charge on any atom is -0.256 e. The normalized spacial score (nSPS) is 13.4. The maximum absolute atomic E-state index is 4.96. The maximum atomic E-state index is 4.96. The van der Waals surface area contributed by atoms with Crippen LogP contribution in [0.25, 0.3) is 55.4 Å². The monoisotopic (exact) mass is 630 g/mol. The highest BCUT2D eigenvalue weighted by molar-refractivity contribution is 5.98. The summed E-state index contributed by atoms with van der Waals surface area (Å²) < 4.78 is 0. The molecule has 1 aliphatic rings. The molecule has 4 aromatic carbocycles. The average Bonchev–Trinajstić information content (AvgIpc) is 3.45. The number of fused-ring (bicyclic) bond motifs is 5. The predicted octanol–water partition coefficient (Wildman–Crippen LogP) is 10.6. The van der Waals surface area contributed by atoms with E-state index < -0.39 is 5.41 Å². The molecule has 0 saturated heterocycles. The van der Waals surface area contributed by atoms with E-state index in [1.807, 2.05) is 49.1 Å². The van der Waals surface area contributed by atoms with Crippen LogP contribution in [-0.2, 0) is 10.8 Å². The second-order valence-corrected chi connectivity index (χ2v) is 13.9. The van der Waals surface area contributed by atoms with Crippen molar-refractivity contribution in [1.29, 1.82) is 0 Å². The Morgan fingerprint density at radius 3 is 1.53 bits per heavy atom. The average molecular weight is 631 g/mol. The third-order valence-corrected chi connectivity index (χ3v) is 10.1. The van der Waals surface area contributed by atoms with Gasteiger partial charge >= 0.3 is 0 Å². The molecule has 234 valence electrons. The Morgan fingerprint density at radius 1 is 0.429 bits per heavy atom. The van der Waals surface area contributed by atoms with Crippen molar-refractivity contribution in [2.75, 3.05) is 0 Å². The van der Waals surface area contributed by atoms with Gasteiger partial charge in [0, 0.05) is 46.7 Å². The Bertz CT molecular complexity index is 2500. The molecular weight excluding hydrogens is 597 g/mol. The Hall–Kier alpha value is -6.00. The fourth-order valence-electron chi connectivity index (χ4n) is 7.80. The first-order chi connectivity index (χ1) is 23.9. The number of pyridine rings is 4. The third kappa shape index (κ3) is 4.51. The number of rotatable bonds is 4. The first kappa shape index (κ1) is 29.2. The summed E-state index contributed by atoms with van der Waals surface area (Å²) >= 11 is 0. The molecule has 9 rings (SSSR count). The molecule has 8 aromatic rings. The Balaban J connectivity index is 1.44. The van der Waals surface area contributed by atoms with E-state index in [2.05, 4.69) is 124 Å². The summed E-state index contributed by atoms with van der Waals surface area (Å²) in [5.41, 5.74) is 13.6. The summed E-state index contributed by atoms with van der Waals surface area (Å²) in [6.07, 6.45) is 7.53. The van der Waals surface area contributed by atoms with Crippen LogP contribution in [0.15, 0.2) is 152 Å². The van der Waals surface area contributed by atoms with Crippen LogP contribution in [0, 0.1) is 0 Å². The van der Waals surface area contributed by atoms with Crippen molar-refractivity contribution in [2.45, 2.75) is 31.6 Å². The van der Waals surface area contributed by atoms with E-state index in [0.717, 1.165) is 49.9 Å². The van der Waals surface area contributed by atoms with Gasteiger partial charge < -0.3 is 0 Å². The summed E-state index contributed by atoms with van der Waals surface area (Å²) in [5.74, 6) is 0. The summed E-state index contributed by atoms with van der Waals surface area (Å²) in [6.45, 7) is 6.73. The van der Waals surface area contributed by atoms with Gasteiger partial charge in [-0.1, -0.05) is 87.5 Å². The summed E-state index contributed by atoms with van der Waals surface area (Å²) in [5, 5.41) is 2.15. The van der Waals surface area contributed by atoms with Crippen molar-refractivity contribution >= 4 is 21.8 Å². The summed E-state index contributed by atoms with van der Waals surface area (Å²) in [6, 6.07) is 45.9. The van der Waals surface area contributed by atoms with Gasteiger partial charge in [0.15, 0.2) is 0 Å². The second kappa shape index (κ2) is 11.0. The van der Waals surface area contributed by atoms with Gasteiger partial charge in [-0.05, 0) is 105 Å². The molecule has 0 aliphatic heterocycles. The number of hydrogen-bond donors (Lipinski definition) is 0. The standard InChI is InChI=1S/C45H34N4/c1-44(2,3)31-19-23-47-41(28-31)37-27-33(25-30-13-11-22-49-43(30)37)45(38-16-6-4-14-34(38)35-15-5-7-17-39(35)45)32-24-29-12-10-21-48-42(29)36(26-32)40-18-8-9-20-46-40/h4-28H,1-3H3. The topological polar surface area (TPSA) is 51.6 Å². The number of nitrogens with zero attached hydrogens (tertiary/aromatic N) is 4. The number of benzene rings is 4. The SMILES string of the molecule is CC(C)(C)c1ccnc(-c2cc(C3(c4cc(-c5ccccn5)c5ncccc5c4)c4ccccc4-c4ccccc43)cc3cccnc23)c1. The lowest BCUT2D eigenvalue weighted by molar-refractivity contribution is 0.589. The Morgan fingerprint density at radius 2 is 0.959 bits per heavy atom. The van der Waals surface area contributed by atoms with Crippen molar-refractivity contribution in [3.05, 3.63) is 180 Å². The van der Waals surface area contributed by atoms with Gasteiger partial charge in [0.05, 0.1) is 27.8 Å². The van der Waals surface area contributed by atoms with Gasteiger partial charge in [0.25, 0.3) is 0 Å². The molecule has 4 nitrogen and oxygen atoms in total. The Labute approximate surface area is 286 Å². The van der Waals surface area contributed by atoms with Crippen molar-refractivity contribution in [3.63, 3.8) is 0 Å². The molecule has 0 atom stereocenters. The van der Waals surface area contributed by atoms with Crippen molar-refractivity contribution in [3.8, 4) is 33.6 Å². The van der Waals surface area contributed by atoms with Gasteiger partial charge in [-0.2, -0.15) is 0 Å². The lowest BCUT2D eigenvalue weighted by Gasteiger charge is -2.35. The molecule has 0 fully saturated rings. The fourth-order valence-corrected chi connectivity index (χ4v) is 7.80. The van der Waals surface area contributed by atoms with Gasteiger partial charge in [0.2, 0.25) is 0 Å². The lowest BCUT2D eigenvalue weighted by atomic mass is 9.66. The number of aromatic nitrogens is 4. The molecule has 1 aliphatic carbocycles. The quantitative estimate of drug-likeness (QED) is 0.194. The second-order valence-electron chi connectivity index (χ2n) is 13.9. The molecule has 0 unspecified atom stereocenters. The van der Waals surface area contributed by atoms with Crippen LogP contribution in [0.3, 0.4) is 0 Å². The molecular formula is C45H34N4. The summed E-state index contributed by atoms with van der Waals surface area (Å²) in [4.78, 5) is 19.6. The van der Waals surface area contributed by atoms with E-state index in [9.17, 15) is 0 Å². The van der Waals surface area contributed by atoms with Crippen LogP contribution in [-0.4, -0.2) is 19.9 Å². The fraction of sp³-hybridized carbons (Fsp3) is 0.111. The van der Waals surface area contributed by atoms with E-state index in [0.29, 0.717) is 0 Å². The molecule has 4 heterocycles. The molecule has 0 amide bonds. The molecule has 0 radical (unpaired) electrons. The molecule has 4 heteroatoms. The molecule has 0 spiro atoms. The van der Waals surface area contributed by atoms with E-state index in [1.54, 1.807) is 0 Å². The smallest absolute Gasteiger partial charge is 0.0796 e. The van der Waals surface area contributed by atoms with Gasteiger partial charge in [-0.15, -0.1) is 0 Å². The van der Waals surface area contributed by atoms with E-state index in [-0.39, 0.29) is 5.41 Å². The highest BCUT2D eigenvalue weighted by atomic mass is 14.7. The molecule has 4 aromatic heterocycles. The van der Waals surface area contributed by atoms with Gasteiger partial charge in [0.1, 0.15) is 0 Å². The minimum atomic E-state index is -0.652. The summed E-state index contributed by atoms with van der Waals surface area (Å²) in [7, 11) is 0. The van der Waals surface area contributed by atoms with Crippen LogP contribution in [0.2, 0.25) is 0 Å². The lowest BCUT2D eigenvalue weighted by Crippen LogP contribution is -2.29. The first-order valence-corrected chi connectivity index (χ1v) is 16.8. The van der Waals surface area contributed by atoms with E-state index >= 15 is 0 Å². The van der Waals surface area contributed by atoms with Crippen LogP contribution in [0.4, 0.5) is 0 Å². The van der Waals surface area contributed by atoms with Crippen molar-refractivity contribution < 1.29 is 0 Å². The number of hydrogen-bond acceptors (Lipinski definition) is 4. The minimum absolute atomic E-state index is 0.0237. The van der Waals surface area contributed by atoms with E-state index in [1.165, 1.54) is 33.4 Å². The van der Waals surface area contributed by atoms with Crippen molar-refractivity contribution in [2.24, 2.45) is 0 Å². The predicted molar refractivity (Wildman–Crippen MR) is 200 cm³/mol. The highest BCUT2D eigenvalue weighted by Crippen LogP contribution is 2.57. The zero-order valence-corrected chi connectivity index (χ0v) is 27.7. The van der Waals surface area contributed by atoms with Crippen LogP contribution in [0.1, 0.15) is 48.6 Å². The zero-order valence-electron chi connectivity index (χ0n) is 27.7. The van der Waals surface area contributed by atoms with Crippen LogP contribution < -0.4 is 0 Å². The first-order valence-electron chi connectivity index (χ1n) is 16.8.